The van der Waals surface area contributed by atoms with E-state index in [1.807, 2.05) is 6.07 Å². The molecule has 122 valence electrons. The molecule has 1 aliphatic heterocycles. The van der Waals surface area contributed by atoms with Crippen molar-refractivity contribution in [1.82, 2.24) is 20.6 Å². The van der Waals surface area contributed by atoms with Crippen molar-refractivity contribution >= 4 is 11.9 Å². The van der Waals surface area contributed by atoms with Gasteiger partial charge in [-0.25, -0.2) is 9.78 Å². The summed E-state index contributed by atoms with van der Waals surface area (Å²) in [6, 6.07) is 5.54. The van der Waals surface area contributed by atoms with Gasteiger partial charge in [0.1, 0.15) is 6.07 Å². The van der Waals surface area contributed by atoms with Crippen LogP contribution in [0.5, 0.6) is 5.75 Å². The Hall–Kier alpha value is -3.91. The summed E-state index contributed by atoms with van der Waals surface area (Å²) in [6.45, 7) is 0. The molecule has 1 unspecified atom stereocenters. The van der Waals surface area contributed by atoms with Crippen molar-refractivity contribution < 1.29 is 14.3 Å². The third kappa shape index (κ3) is 3.38. The highest BCUT2D eigenvalue weighted by atomic mass is 16.5. The van der Waals surface area contributed by atoms with Crippen molar-refractivity contribution in [1.29, 1.82) is 5.26 Å². The summed E-state index contributed by atoms with van der Waals surface area (Å²) >= 11 is 0. The molecule has 1 fully saturated rings. The molecule has 8 nitrogen and oxygen atoms in total. The van der Waals surface area contributed by atoms with Gasteiger partial charge in [0.25, 0.3) is 5.91 Å². The van der Waals surface area contributed by atoms with Crippen molar-refractivity contribution in [2.24, 2.45) is 0 Å². The second kappa shape index (κ2) is 6.69. The van der Waals surface area contributed by atoms with Crippen LogP contribution in [0.25, 0.3) is 11.3 Å². The molecule has 1 atom stereocenters. The number of nitrogens with one attached hydrogen (secondary N) is 2. The lowest BCUT2D eigenvalue weighted by Gasteiger charge is -2.06. The predicted molar refractivity (Wildman–Crippen MR) is 86.1 cm³/mol. The number of carbonyl (C=O) groups excluding carboxylic acids is 2. The molecule has 8 heteroatoms. The van der Waals surface area contributed by atoms with Gasteiger partial charge in [-0.3, -0.25) is 15.1 Å². The predicted octanol–water partition coefficient (Wildman–Crippen LogP) is 0.583. The van der Waals surface area contributed by atoms with E-state index in [1.165, 1.54) is 13.3 Å². The summed E-state index contributed by atoms with van der Waals surface area (Å²) in [5.41, 5.74) is 1.91. The molecule has 3 amide bonds. The number of hydrogen-bond donors (Lipinski definition) is 2. The Balaban J connectivity index is 1.98. The summed E-state index contributed by atoms with van der Waals surface area (Å²) in [6.07, 6.45) is 3.03. The van der Waals surface area contributed by atoms with Crippen LogP contribution in [0.15, 0.2) is 30.6 Å². The summed E-state index contributed by atoms with van der Waals surface area (Å²) < 4.78 is 5.22. The Bertz CT molecular complexity index is 968. The molecule has 0 bridgehead atoms. The molecule has 1 saturated heterocycles. The standard InChI is InChI=1S/C17H11N5O3/c1-25-15-5-4-12(11-6-10(7-18)8-19-9-11)20-13(15)2-3-14-16(23)22-17(24)21-14/h4-6,8-9,14H,1H3,(H2,21,22,23,24). The van der Waals surface area contributed by atoms with Gasteiger partial charge < -0.3 is 10.1 Å². The van der Waals surface area contributed by atoms with E-state index in [0.717, 1.165) is 0 Å². The van der Waals surface area contributed by atoms with Crippen LogP contribution < -0.4 is 15.4 Å². The molecular weight excluding hydrogens is 322 g/mol. The fraction of sp³-hybridized carbons (Fsp3) is 0.118. The average molecular weight is 333 g/mol. The van der Waals surface area contributed by atoms with E-state index in [-0.39, 0.29) is 0 Å². The van der Waals surface area contributed by atoms with Crippen LogP contribution in [-0.2, 0) is 4.79 Å². The van der Waals surface area contributed by atoms with Gasteiger partial charge in [-0.1, -0.05) is 5.92 Å². The first-order chi connectivity index (χ1) is 12.1. The Morgan fingerprint density at radius 1 is 1.28 bits per heavy atom. The minimum Gasteiger partial charge on any atom is -0.494 e. The zero-order valence-corrected chi connectivity index (χ0v) is 13.0. The van der Waals surface area contributed by atoms with Crippen LogP contribution in [0, 0.1) is 23.2 Å². The number of urea groups is 1. The molecule has 0 radical (unpaired) electrons. The highest BCUT2D eigenvalue weighted by molar-refractivity contribution is 6.05. The Kier molecular flexibility index (Phi) is 4.27. The van der Waals surface area contributed by atoms with Crippen LogP contribution in [0.4, 0.5) is 4.79 Å². The summed E-state index contributed by atoms with van der Waals surface area (Å²) in [5.74, 6) is 5.30. The number of methoxy groups -OCH3 is 1. The summed E-state index contributed by atoms with van der Waals surface area (Å²) in [7, 11) is 1.48. The van der Waals surface area contributed by atoms with Gasteiger partial charge in [0.2, 0.25) is 0 Å². The Morgan fingerprint density at radius 3 is 2.80 bits per heavy atom. The third-order valence-corrected chi connectivity index (χ3v) is 3.35. The van der Waals surface area contributed by atoms with E-state index >= 15 is 0 Å². The topological polar surface area (TPSA) is 117 Å². The lowest BCUT2D eigenvalue weighted by atomic mass is 10.1. The zero-order valence-electron chi connectivity index (χ0n) is 13.0. The highest BCUT2D eigenvalue weighted by Gasteiger charge is 2.27. The summed E-state index contributed by atoms with van der Waals surface area (Å²) in [5, 5.41) is 13.5. The van der Waals surface area contributed by atoms with Crippen molar-refractivity contribution in [2.75, 3.05) is 7.11 Å². The maximum Gasteiger partial charge on any atom is 0.322 e. The van der Waals surface area contributed by atoms with Crippen LogP contribution in [-0.4, -0.2) is 35.1 Å². The maximum absolute atomic E-state index is 11.5. The Morgan fingerprint density at radius 2 is 2.12 bits per heavy atom. The number of aromatic nitrogens is 2. The molecule has 25 heavy (non-hydrogen) atoms. The molecule has 2 aromatic rings. The van der Waals surface area contributed by atoms with E-state index in [2.05, 4.69) is 32.4 Å². The molecule has 3 heterocycles. The fourth-order valence-electron chi connectivity index (χ4n) is 2.16. The zero-order chi connectivity index (χ0) is 17.8. The van der Waals surface area contributed by atoms with Gasteiger partial charge in [-0.2, -0.15) is 5.26 Å². The fourth-order valence-corrected chi connectivity index (χ4v) is 2.16. The maximum atomic E-state index is 11.5. The van der Waals surface area contributed by atoms with Gasteiger partial charge in [-0.05, 0) is 24.1 Å². The van der Waals surface area contributed by atoms with Gasteiger partial charge in [0, 0.05) is 18.0 Å². The number of nitrogens with zero attached hydrogens (tertiary/aromatic N) is 3. The van der Waals surface area contributed by atoms with Crippen molar-refractivity contribution in [3.8, 4) is 34.9 Å². The van der Waals surface area contributed by atoms with Crippen LogP contribution in [0.1, 0.15) is 11.3 Å². The molecule has 0 aromatic carbocycles. The van der Waals surface area contributed by atoms with Crippen molar-refractivity contribution in [3.05, 3.63) is 41.9 Å². The number of ether oxygens (including phenoxy) is 1. The first-order valence-electron chi connectivity index (χ1n) is 7.14. The average Bonchev–Trinajstić information content (AvgIpc) is 2.97. The number of pyridine rings is 2. The summed E-state index contributed by atoms with van der Waals surface area (Å²) in [4.78, 5) is 31.0. The molecule has 2 aromatic heterocycles. The first-order valence-corrected chi connectivity index (χ1v) is 7.14. The van der Waals surface area contributed by atoms with Crippen LogP contribution in [0.3, 0.4) is 0 Å². The van der Waals surface area contributed by atoms with Crippen LogP contribution >= 0.6 is 0 Å². The number of imide groups is 1. The van der Waals surface area contributed by atoms with Gasteiger partial charge in [-0.15, -0.1) is 0 Å². The highest BCUT2D eigenvalue weighted by Crippen LogP contribution is 2.22. The van der Waals surface area contributed by atoms with E-state index < -0.39 is 18.0 Å². The van der Waals surface area contributed by atoms with Crippen LogP contribution in [0.2, 0.25) is 0 Å². The number of hydrogen-bond acceptors (Lipinski definition) is 6. The van der Waals surface area contributed by atoms with E-state index in [9.17, 15) is 9.59 Å². The normalized spacial score (nSPS) is 15.4. The minimum atomic E-state index is -0.939. The second-order valence-corrected chi connectivity index (χ2v) is 4.99. The second-order valence-electron chi connectivity index (χ2n) is 4.99. The molecule has 3 rings (SSSR count). The van der Waals surface area contributed by atoms with Gasteiger partial charge in [0.15, 0.2) is 17.5 Å². The lowest BCUT2D eigenvalue weighted by molar-refractivity contribution is -0.119. The van der Waals surface area contributed by atoms with Crippen molar-refractivity contribution in [2.45, 2.75) is 6.04 Å². The van der Waals surface area contributed by atoms with E-state index in [0.29, 0.717) is 28.3 Å². The van der Waals surface area contributed by atoms with Gasteiger partial charge in [0.05, 0.1) is 18.4 Å². The number of nitriles is 1. The third-order valence-electron chi connectivity index (χ3n) is 3.35. The number of carbonyl (C=O) groups is 2. The Labute approximate surface area is 142 Å². The molecule has 0 saturated carbocycles. The minimum absolute atomic E-state index is 0.302. The molecule has 2 N–H and O–H groups in total. The quantitative estimate of drug-likeness (QED) is 0.613. The number of amides is 3. The molecular formula is C17H11N5O3. The van der Waals surface area contributed by atoms with Gasteiger partial charge >= 0.3 is 6.03 Å². The largest absolute Gasteiger partial charge is 0.494 e. The molecule has 0 spiro atoms. The van der Waals surface area contributed by atoms with E-state index in [1.54, 1.807) is 24.4 Å². The smallest absolute Gasteiger partial charge is 0.322 e. The monoisotopic (exact) mass is 333 g/mol. The molecule has 0 aliphatic carbocycles. The molecule has 1 aliphatic rings. The van der Waals surface area contributed by atoms with Crippen molar-refractivity contribution in [3.63, 3.8) is 0 Å². The lowest BCUT2D eigenvalue weighted by Crippen LogP contribution is -2.26. The first kappa shape index (κ1) is 16.0. The van der Waals surface area contributed by atoms with E-state index in [4.69, 9.17) is 10.00 Å². The number of rotatable bonds is 2. The SMILES string of the molecule is COc1ccc(-c2cncc(C#N)c2)nc1C#CC1NC(=O)NC1=O.